The number of hydrogen-bond acceptors (Lipinski definition) is 8. The first-order valence-electron chi connectivity index (χ1n) is 11.3. The number of methoxy groups -OCH3 is 1. The van der Waals surface area contributed by atoms with Crippen LogP contribution in [0.2, 0.25) is 0 Å². The normalized spacial score (nSPS) is 18.5. The fourth-order valence-electron chi connectivity index (χ4n) is 4.23. The first-order chi connectivity index (χ1) is 16.9. The summed E-state index contributed by atoms with van der Waals surface area (Å²) >= 11 is 0. The number of carbonyl (C=O) groups is 3. The number of ether oxygens (including phenoxy) is 2. The maximum absolute atomic E-state index is 13.5. The lowest BCUT2D eigenvalue weighted by Crippen LogP contribution is -2.49. The number of nitro benzene ring substituents is 1. The van der Waals surface area contributed by atoms with Gasteiger partial charge in [-0.25, -0.2) is 4.90 Å². The maximum Gasteiger partial charge on any atom is 0.269 e. The predicted molar refractivity (Wildman–Crippen MR) is 125 cm³/mol. The van der Waals surface area contributed by atoms with Gasteiger partial charge in [-0.2, -0.15) is 0 Å². The topological polar surface area (TPSA) is 123 Å². The zero-order valence-corrected chi connectivity index (χ0v) is 19.3. The van der Waals surface area contributed by atoms with Gasteiger partial charge in [0.2, 0.25) is 5.91 Å². The fraction of sp³-hybridized carbons (Fsp3) is 0.375. The van der Waals surface area contributed by atoms with E-state index in [9.17, 15) is 24.5 Å². The van der Waals surface area contributed by atoms with Crippen molar-refractivity contribution < 1.29 is 28.8 Å². The summed E-state index contributed by atoms with van der Waals surface area (Å²) in [7, 11) is 1.52. The van der Waals surface area contributed by atoms with Gasteiger partial charge < -0.3 is 14.4 Å². The Hall–Kier alpha value is -3.83. The number of hydrogen-bond donors (Lipinski definition) is 0. The molecule has 2 aromatic carbocycles. The Labute approximate surface area is 202 Å². The molecule has 0 N–H and O–H groups in total. The number of morpholine rings is 1. The summed E-state index contributed by atoms with van der Waals surface area (Å²) in [5.74, 6) is -0.767. The van der Waals surface area contributed by atoms with E-state index in [1.807, 2.05) is 0 Å². The van der Waals surface area contributed by atoms with Crippen molar-refractivity contribution in [1.82, 2.24) is 9.80 Å². The van der Waals surface area contributed by atoms with Gasteiger partial charge in [-0.15, -0.1) is 0 Å². The number of nitro groups is 1. The molecule has 2 fully saturated rings. The minimum atomic E-state index is -0.978. The molecule has 1 unspecified atom stereocenters. The first kappa shape index (κ1) is 24.3. The van der Waals surface area contributed by atoms with Crippen LogP contribution < -0.4 is 9.64 Å². The fourth-order valence-corrected chi connectivity index (χ4v) is 4.23. The molecule has 2 heterocycles. The van der Waals surface area contributed by atoms with Gasteiger partial charge in [0.05, 0.1) is 37.4 Å². The summed E-state index contributed by atoms with van der Waals surface area (Å²) < 4.78 is 10.5. The summed E-state index contributed by atoms with van der Waals surface area (Å²) in [6.07, 6.45) is -0.146. The van der Waals surface area contributed by atoms with Crippen LogP contribution in [-0.2, 0) is 14.3 Å². The van der Waals surface area contributed by atoms with Crippen molar-refractivity contribution in [2.75, 3.05) is 51.4 Å². The third-order valence-corrected chi connectivity index (χ3v) is 6.18. The zero-order valence-electron chi connectivity index (χ0n) is 19.3. The molecule has 1 atom stereocenters. The van der Waals surface area contributed by atoms with Crippen LogP contribution in [0.3, 0.4) is 0 Å². The summed E-state index contributed by atoms with van der Waals surface area (Å²) in [6.45, 7) is 3.30. The SMILES string of the molecule is COc1ccc(N2C(=O)CC(N(CCN3CCOCC3)C(=O)c3ccc([N+](=O)[O-])cc3)C2=O)cc1. The molecule has 0 aromatic heterocycles. The van der Waals surface area contributed by atoms with Crippen LogP contribution in [0.4, 0.5) is 11.4 Å². The highest BCUT2D eigenvalue weighted by atomic mass is 16.6. The third-order valence-electron chi connectivity index (χ3n) is 6.18. The van der Waals surface area contributed by atoms with E-state index < -0.39 is 28.7 Å². The van der Waals surface area contributed by atoms with E-state index in [0.29, 0.717) is 44.3 Å². The number of benzene rings is 2. The number of non-ortho nitro benzene ring substituents is 1. The van der Waals surface area contributed by atoms with Gasteiger partial charge in [0.15, 0.2) is 0 Å². The second-order valence-electron chi connectivity index (χ2n) is 8.24. The number of rotatable bonds is 8. The van der Waals surface area contributed by atoms with Gasteiger partial charge in [0.1, 0.15) is 11.8 Å². The molecule has 2 aliphatic heterocycles. The lowest BCUT2D eigenvalue weighted by atomic mass is 10.1. The summed E-state index contributed by atoms with van der Waals surface area (Å²) in [4.78, 5) is 54.8. The summed E-state index contributed by atoms with van der Waals surface area (Å²) in [6, 6.07) is 10.8. The van der Waals surface area contributed by atoms with Crippen LogP contribution in [0.25, 0.3) is 0 Å². The Morgan fingerprint density at radius 3 is 2.37 bits per heavy atom. The molecule has 2 aliphatic rings. The largest absolute Gasteiger partial charge is 0.497 e. The molecule has 0 saturated carbocycles. The highest BCUT2D eigenvalue weighted by Crippen LogP contribution is 2.28. The van der Waals surface area contributed by atoms with Crippen molar-refractivity contribution in [3.63, 3.8) is 0 Å². The summed E-state index contributed by atoms with van der Waals surface area (Å²) in [5.41, 5.74) is 0.471. The molecular formula is C24H26N4O7. The molecule has 11 heteroatoms. The Kier molecular flexibility index (Phi) is 7.37. The minimum absolute atomic E-state index is 0.140. The number of amides is 3. The van der Waals surface area contributed by atoms with E-state index in [4.69, 9.17) is 9.47 Å². The van der Waals surface area contributed by atoms with Gasteiger partial charge in [-0.1, -0.05) is 0 Å². The van der Waals surface area contributed by atoms with Crippen LogP contribution in [0.5, 0.6) is 5.75 Å². The zero-order chi connectivity index (χ0) is 24.9. The van der Waals surface area contributed by atoms with E-state index in [-0.39, 0.29) is 24.2 Å². The Bertz CT molecular complexity index is 1100. The molecule has 0 radical (unpaired) electrons. The van der Waals surface area contributed by atoms with Crippen LogP contribution in [0.15, 0.2) is 48.5 Å². The van der Waals surface area contributed by atoms with Crippen molar-refractivity contribution >= 4 is 29.1 Å². The number of nitrogens with zero attached hydrogens (tertiary/aromatic N) is 4. The molecule has 0 bridgehead atoms. The number of imide groups is 1. The quantitative estimate of drug-likeness (QED) is 0.317. The molecule has 4 rings (SSSR count). The maximum atomic E-state index is 13.5. The molecule has 2 aromatic rings. The second-order valence-corrected chi connectivity index (χ2v) is 8.24. The lowest BCUT2D eigenvalue weighted by Gasteiger charge is -2.32. The van der Waals surface area contributed by atoms with Gasteiger partial charge >= 0.3 is 0 Å². The van der Waals surface area contributed by atoms with Gasteiger partial charge in [-0.05, 0) is 36.4 Å². The van der Waals surface area contributed by atoms with Gasteiger partial charge in [0.25, 0.3) is 17.5 Å². The van der Waals surface area contributed by atoms with Crippen LogP contribution >= 0.6 is 0 Å². The Morgan fingerprint density at radius 2 is 1.77 bits per heavy atom. The average molecular weight is 482 g/mol. The van der Waals surface area contributed by atoms with E-state index in [1.165, 1.54) is 36.3 Å². The highest BCUT2D eigenvalue weighted by Gasteiger charge is 2.44. The molecule has 11 nitrogen and oxygen atoms in total. The van der Waals surface area contributed by atoms with E-state index in [2.05, 4.69) is 4.90 Å². The number of anilines is 1. The van der Waals surface area contributed by atoms with Crippen molar-refractivity contribution in [2.24, 2.45) is 0 Å². The second kappa shape index (κ2) is 10.6. The Balaban J connectivity index is 1.58. The smallest absolute Gasteiger partial charge is 0.269 e. The van der Waals surface area contributed by atoms with Crippen molar-refractivity contribution in [1.29, 1.82) is 0 Å². The third kappa shape index (κ3) is 5.31. The Morgan fingerprint density at radius 1 is 1.11 bits per heavy atom. The van der Waals surface area contributed by atoms with E-state index in [1.54, 1.807) is 24.3 Å². The molecule has 35 heavy (non-hydrogen) atoms. The first-order valence-corrected chi connectivity index (χ1v) is 11.3. The van der Waals surface area contributed by atoms with Gasteiger partial charge in [0, 0.05) is 43.9 Å². The van der Waals surface area contributed by atoms with E-state index >= 15 is 0 Å². The van der Waals surface area contributed by atoms with Gasteiger partial charge in [-0.3, -0.25) is 29.4 Å². The van der Waals surface area contributed by atoms with Crippen molar-refractivity contribution in [3.05, 3.63) is 64.2 Å². The molecule has 184 valence electrons. The monoisotopic (exact) mass is 482 g/mol. The molecule has 0 spiro atoms. The highest BCUT2D eigenvalue weighted by molar-refractivity contribution is 6.23. The minimum Gasteiger partial charge on any atom is -0.497 e. The molecule has 3 amide bonds. The van der Waals surface area contributed by atoms with Crippen LogP contribution in [0, 0.1) is 10.1 Å². The average Bonchev–Trinajstić information content (AvgIpc) is 3.18. The predicted octanol–water partition coefficient (Wildman–Crippen LogP) is 1.71. The summed E-state index contributed by atoms with van der Waals surface area (Å²) in [5, 5.41) is 11.0. The van der Waals surface area contributed by atoms with Crippen LogP contribution in [-0.4, -0.2) is 85.0 Å². The molecule has 0 aliphatic carbocycles. The van der Waals surface area contributed by atoms with Crippen LogP contribution in [0.1, 0.15) is 16.8 Å². The van der Waals surface area contributed by atoms with Crippen molar-refractivity contribution in [3.8, 4) is 5.75 Å². The molecular weight excluding hydrogens is 456 g/mol. The lowest BCUT2D eigenvalue weighted by molar-refractivity contribution is -0.384. The number of carbonyl (C=O) groups excluding carboxylic acids is 3. The molecule has 2 saturated heterocycles. The van der Waals surface area contributed by atoms with Crippen molar-refractivity contribution in [2.45, 2.75) is 12.5 Å². The standard InChI is InChI=1S/C24H26N4O7/c1-34-20-8-6-18(7-9-20)27-22(29)16-21(24(27)31)26(11-10-25-12-14-35-15-13-25)23(30)17-2-4-19(5-3-17)28(32)33/h2-9,21H,10-16H2,1H3. The van der Waals surface area contributed by atoms with E-state index in [0.717, 1.165) is 4.90 Å².